The smallest absolute Gasteiger partial charge is 0.372 e. The van der Waals surface area contributed by atoms with Crippen molar-refractivity contribution in [3.05, 3.63) is 41.7 Å². The van der Waals surface area contributed by atoms with Crippen LogP contribution in [0.5, 0.6) is 0 Å². The lowest BCUT2D eigenvalue weighted by atomic mass is 10.1. The molecular formula is C12H9F4N3. The van der Waals surface area contributed by atoms with Gasteiger partial charge in [-0.1, -0.05) is 0 Å². The highest BCUT2D eigenvalue weighted by Crippen LogP contribution is 2.32. The molecule has 0 unspecified atom stereocenters. The lowest BCUT2D eigenvalue weighted by Gasteiger charge is -2.09. The van der Waals surface area contributed by atoms with Crippen molar-refractivity contribution in [1.82, 2.24) is 10.2 Å². The highest BCUT2D eigenvalue weighted by atomic mass is 19.4. The van der Waals surface area contributed by atoms with Gasteiger partial charge in [-0.15, -0.1) is 10.2 Å². The van der Waals surface area contributed by atoms with Gasteiger partial charge in [0.2, 0.25) is 0 Å². The van der Waals surface area contributed by atoms with E-state index in [4.69, 9.17) is 0 Å². The Bertz CT molecular complexity index is 579. The van der Waals surface area contributed by atoms with E-state index in [1.807, 2.05) is 0 Å². The molecule has 0 saturated heterocycles. The predicted molar refractivity (Wildman–Crippen MR) is 62.0 cm³/mol. The highest BCUT2D eigenvalue weighted by molar-refractivity contribution is 5.61. The first-order valence-corrected chi connectivity index (χ1v) is 5.30. The summed E-state index contributed by atoms with van der Waals surface area (Å²) in [6, 6.07) is 5.28. The van der Waals surface area contributed by atoms with Gasteiger partial charge in [0, 0.05) is 12.6 Å². The average Bonchev–Trinajstić information content (AvgIpc) is 2.37. The summed E-state index contributed by atoms with van der Waals surface area (Å²) >= 11 is 0. The molecule has 7 heteroatoms. The summed E-state index contributed by atoms with van der Waals surface area (Å²) in [7, 11) is 1.63. The molecule has 2 aromatic rings. The largest absolute Gasteiger partial charge is 0.416 e. The minimum Gasteiger partial charge on any atom is -0.372 e. The summed E-state index contributed by atoms with van der Waals surface area (Å²) in [6.45, 7) is 0. The standard InChI is InChI=1S/C12H9F4N3/c1-17-11-3-2-10(18-19-11)7-4-8(12(14,15)16)6-9(13)5-7/h2-6H,1H3,(H,17,19). The van der Waals surface area contributed by atoms with Crippen molar-refractivity contribution in [2.24, 2.45) is 0 Å². The number of nitrogens with zero attached hydrogens (tertiary/aromatic N) is 2. The van der Waals surface area contributed by atoms with E-state index < -0.39 is 17.6 Å². The van der Waals surface area contributed by atoms with Crippen LogP contribution in [0.2, 0.25) is 0 Å². The third-order valence-corrected chi connectivity index (χ3v) is 2.44. The van der Waals surface area contributed by atoms with Crippen molar-refractivity contribution >= 4 is 5.82 Å². The van der Waals surface area contributed by atoms with Crippen LogP contribution >= 0.6 is 0 Å². The number of hydrogen-bond donors (Lipinski definition) is 1. The van der Waals surface area contributed by atoms with Crippen molar-refractivity contribution in [3.8, 4) is 11.3 Å². The number of benzene rings is 1. The predicted octanol–water partition coefficient (Wildman–Crippen LogP) is 3.34. The van der Waals surface area contributed by atoms with E-state index in [-0.39, 0.29) is 11.3 Å². The molecule has 3 nitrogen and oxygen atoms in total. The van der Waals surface area contributed by atoms with E-state index in [1.165, 1.54) is 6.07 Å². The molecule has 1 N–H and O–H groups in total. The molecule has 0 aliphatic heterocycles. The van der Waals surface area contributed by atoms with Crippen molar-refractivity contribution < 1.29 is 17.6 Å². The van der Waals surface area contributed by atoms with Gasteiger partial charge in [-0.05, 0) is 30.3 Å². The minimum absolute atomic E-state index is 0.0301. The first-order valence-electron chi connectivity index (χ1n) is 5.30. The second kappa shape index (κ2) is 4.83. The third-order valence-electron chi connectivity index (χ3n) is 2.44. The number of aromatic nitrogens is 2. The van der Waals surface area contributed by atoms with E-state index in [1.54, 1.807) is 13.1 Å². The van der Waals surface area contributed by atoms with Crippen LogP contribution in [-0.4, -0.2) is 17.2 Å². The Morgan fingerprint density at radius 2 is 1.79 bits per heavy atom. The van der Waals surface area contributed by atoms with E-state index >= 15 is 0 Å². The van der Waals surface area contributed by atoms with Gasteiger partial charge in [-0.2, -0.15) is 13.2 Å². The molecule has 0 fully saturated rings. The molecule has 19 heavy (non-hydrogen) atoms. The summed E-state index contributed by atoms with van der Waals surface area (Å²) in [5.41, 5.74) is -0.853. The highest BCUT2D eigenvalue weighted by Gasteiger charge is 2.31. The molecule has 0 saturated carbocycles. The number of hydrogen-bond acceptors (Lipinski definition) is 3. The second-order valence-corrected chi connectivity index (χ2v) is 3.78. The fraction of sp³-hybridized carbons (Fsp3) is 0.167. The Hall–Kier alpha value is -2.18. The van der Waals surface area contributed by atoms with Gasteiger partial charge in [0.15, 0.2) is 0 Å². The topological polar surface area (TPSA) is 37.8 Å². The van der Waals surface area contributed by atoms with Gasteiger partial charge in [0.05, 0.1) is 11.3 Å². The lowest BCUT2D eigenvalue weighted by Crippen LogP contribution is -2.06. The lowest BCUT2D eigenvalue weighted by molar-refractivity contribution is -0.137. The molecule has 0 aliphatic rings. The zero-order chi connectivity index (χ0) is 14.0. The Morgan fingerprint density at radius 3 is 2.32 bits per heavy atom. The Morgan fingerprint density at radius 1 is 1.05 bits per heavy atom. The summed E-state index contributed by atoms with van der Waals surface area (Å²) < 4.78 is 50.9. The summed E-state index contributed by atoms with van der Waals surface area (Å²) in [6.07, 6.45) is -4.60. The quantitative estimate of drug-likeness (QED) is 0.851. The zero-order valence-corrected chi connectivity index (χ0v) is 9.79. The van der Waals surface area contributed by atoms with Gasteiger partial charge in [0.1, 0.15) is 11.6 Å². The van der Waals surface area contributed by atoms with Crippen LogP contribution in [0.1, 0.15) is 5.56 Å². The number of rotatable bonds is 2. The van der Waals surface area contributed by atoms with Crippen molar-refractivity contribution in [1.29, 1.82) is 0 Å². The van der Waals surface area contributed by atoms with E-state index in [0.29, 0.717) is 11.9 Å². The minimum atomic E-state index is -4.60. The van der Waals surface area contributed by atoms with Gasteiger partial charge >= 0.3 is 6.18 Å². The fourth-order valence-electron chi connectivity index (χ4n) is 1.52. The first-order chi connectivity index (χ1) is 8.90. The van der Waals surface area contributed by atoms with Crippen molar-refractivity contribution in [3.63, 3.8) is 0 Å². The van der Waals surface area contributed by atoms with Crippen LogP contribution < -0.4 is 5.32 Å². The fourth-order valence-corrected chi connectivity index (χ4v) is 1.52. The van der Waals surface area contributed by atoms with Gasteiger partial charge in [0.25, 0.3) is 0 Å². The van der Waals surface area contributed by atoms with Gasteiger partial charge < -0.3 is 5.32 Å². The Kier molecular flexibility index (Phi) is 3.37. The third kappa shape index (κ3) is 2.98. The number of halogens is 4. The molecule has 0 radical (unpaired) electrons. The van der Waals surface area contributed by atoms with E-state index in [2.05, 4.69) is 15.5 Å². The normalized spacial score (nSPS) is 11.4. The van der Waals surface area contributed by atoms with Crippen LogP contribution in [0.3, 0.4) is 0 Å². The monoisotopic (exact) mass is 271 g/mol. The molecular weight excluding hydrogens is 262 g/mol. The SMILES string of the molecule is CNc1ccc(-c2cc(F)cc(C(F)(F)F)c2)nn1. The van der Waals surface area contributed by atoms with Gasteiger partial charge in [-0.3, -0.25) is 0 Å². The molecule has 2 rings (SSSR count). The second-order valence-electron chi connectivity index (χ2n) is 3.78. The number of nitrogens with one attached hydrogen (secondary N) is 1. The molecule has 0 atom stereocenters. The molecule has 1 aromatic carbocycles. The zero-order valence-electron chi connectivity index (χ0n) is 9.79. The van der Waals surface area contributed by atoms with E-state index in [9.17, 15) is 17.6 Å². The molecule has 1 heterocycles. The number of alkyl halides is 3. The summed E-state index contributed by atoms with van der Waals surface area (Å²) in [4.78, 5) is 0. The molecule has 0 spiro atoms. The van der Waals surface area contributed by atoms with Crippen molar-refractivity contribution in [2.45, 2.75) is 6.18 Å². The van der Waals surface area contributed by atoms with Crippen LogP contribution in [0.4, 0.5) is 23.4 Å². The van der Waals surface area contributed by atoms with Gasteiger partial charge in [-0.25, -0.2) is 4.39 Å². The molecule has 1 aromatic heterocycles. The van der Waals surface area contributed by atoms with E-state index in [0.717, 1.165) is 12.1 Å². The molecule has 0 aliphatic carbocycles. The Labute approximate surface area is 106 Å². The molecule has 0 bridgehead atoms. The van der Waals surface area contributed by atoms with Crippen LogP contribution in [-0.2, 0) is 6.18 Å². The maximum atomic E-state index is 13.2. The molecule has 0 amide bonds. The van der Waals surface area contributed by atoms with Crippen LogP contribution in [0.25, 0.3) is 11.3 Å². The Balaban J connectivity index is 2.46. The van der Waals surface area contributed by atoms with Crippen LogP contribution in [0.15, 0.2) is 30.3 Å². The number of anilines is 1. The molecule has 100 valence electrons. The van der Waals surface area contributed by atoms with Crippen molar-refractivity contribution in [2.75, 3.05) is 12.4 Å². The maximum Gasteiger partial charge on any atom is 0.416 e. The average molecular weight is 271 g/mol. The maximum absolute atomic E-state index is 13.2. The first kappa shape index (κ1) is 13.3. The summed E-state index contributed by atoms with van der Waals surface area (Å²) in [5.74, 6) is -0.500. The summed E-state index contributed by atoms with van der Waals surface area (Å²) in [5, 5.41) is 10.2. The van der Waals surface area contributed by atoms with Crippen LogP contribution in [0, 0.1) is 5.82 Å².